The Bertz CT molecular complexity index is 101. The van der Waals surface area contributed by atoms with Gasteiger partial charge in [-0.15, -0.1) is 0 Å². The summed E-state index contributed by atoms with van der Waals surface area (Å²) < 4.78 is 0.222. The van der Waals surface area contributed by atoms with Crippen LogP contribution in [0.25, 0.3) is 0 Å². The molecule has 0 unspecified atom stereocenters. The van der Waals surface area contributed by atoms with Crippen LogP contribution < -0.4 is 0 Å². The molecule has 0 amide bonds. The summed E-state index contributed by atoms with van der Waals surface area (Å²) in [6.45, 7) is 16.2. The molecule has 0 radical (unpaired) electrons. The van der Waals surface area contributed by atoms with Crippen molar-refractivity contribution < 1.29 is 0 Å². The quantitative estimate of drug-likeness (QED) is 0.408. The average molecular weight is 253 g/mol. The largest absolute Gasteiger partial charge is 0.166 e. The van der Waals surface area contributed by atoms with Gasteiger partial charge in [0.15, 0.2) is 0 Å². The molecule has 0 fully saturated rings. The highest BCUT2D eigenvalue weighted by molar-refractivity contribution is 7.99. The second-order valence-corrected chi connectivity index (χ2v) is 12.1. The summed E-state index contributed by atoms with van der Waals surface area (Å²) in [5.74, 6) is 0. The van der Waals surface area contributed by atoms with Crippen molar-refractivity contribution in [3.63, 3.8) is 0 Å². The third kappa shape index (κ3) is 11.0. The second kappa shape index (κ2) is 9.17. The molecule has 0 aromatic rings. The predicted molar refractivity (Wildman–Crippen MR) is 79.9 cm³/mol. The molecule has 0 N–H and O–H groups in total. The summed E-state index contributed by atoms with van der Waals surface area (Å²) in [6.07, 6.45) is 0. The van der Waals surface area contributed by atoms with Crippen molar-refractivity contribution in [2.45, 2.75) is 69.7 Å². The average Bonchev–Trinajstić information content (AvgIpc) is 1.80. The molecule has 0 aliphatic rings. The van der Waals surface area contributed by atoms with Crippen LogP contribution in [-0.4, -0.2) is 13.4 Å². The van der Waals surface area contributed by atoms with E-state index >= 15 is 0 Å². The van der Waals surface area contributed by atoms with E-state index in [2.05, 4.69) is 66.8 Å². The van der Waals surface area contributed by atoms with Crippen LogP contribution in [0.2, 0.25) is 16.6 Å². The Labute approximate surface area is 104 Å². The number of hydrogen-bond acceptors (Lipinski definition) is 2. The van der Waals surface area contributed by atoms with Crippen LogP contribution in [0.4, 0.5) is 0 Å². The summed E-state index contributed by atoms with van der Waals surface area (Å²) in [5.41, 5.74) is 2.92. The summed E-state index contributed by atoms with van der Waals surface area (Å²) in [7, 11) is -0.454. The zero-order valence-corrected chi connectivity index (χ0v) is 13.7. The maximum atomic E-state index is 3.83. The predicted octanol–water partition coefficient (Wildman–Crippen LogP) is 4.64. The minimum absolute atomic E-state index is 0.222. The van der Waals surface area contributed by atoms with Gasteiger partial charge in [0.05, 0.1) is 0 Å². The van der Waals surface area contributed by atoms with Gasteiger partial charge in [0.1, 0.15) is 0 Å². The van der Waals surface area contributed by atoms with Gasteiger partial charge in [0.2, 0.25) is 0 Å². The second-order valence-electron chi connectivity index (χ2n) is 4.94. The Balaban J connectivity index is 0. The SMILES string of the molecule is CC(C)[SiH](C(C)C)C(C)C.CC(S)S. The van der Waals surface area contributed by atoms with Crippen LogP contribution in [-0.2, 0) is 0 Å². The smallest absolute Gasteiger partial charge is 0.0445 e. The van der Waals surface area contributed by atoms with Crippen LogP contribution >= 0.6 is 25.3 Å². The molecule has 88 valence electrons. The van der Waals surface area contributed by atoms with Crippen molar-refractivity contribution in [2.24, 2.45) is 0 Å². The Hall–Kier alpha value is 0.917. The molecular formula is C11H28S2Si. The zero-order valence-electron chi connectivity index (χ0n) is 10.8. The normalized spacial score (nSPS) is 11.6. The minimum atomic E-state index is -0.454. The van der Waals surface area contributed by atoms with Gasteiger partial charge in [-0.25, -0.2) is 0 Å². The molecule has 0 heterocycles. The molecule has 0 atom stereocenters. The van der Waals surface area contributed by atoms with Crippen molar-refractivity contribution in [1.29, 1.82) is 0 Å². The first kappa shape index (κ1) is 17.3. The number of hydrogen-bond donors (Lipinski definition) is 2. The molecule has 0 nitrogen and oxygen atoms in total. The molecule has 0 aliphatic carbocycles. The fourth-order valence-corrected chi connectivity index (χ4v) is 6.93. The standard InChI is InChI=1S/C9H22Si.C2H6S2/c1-7(2)10(8(3)4)9(5)6;1-2(3)4/h7-10H,1-6H3;2-4H,1H3. The molecule has 0 aromatic heterocycles. The fraction of sp³-hybridized carbons (Fsp3) is 1.00. The van der Waals surface area contributed by atoms with Gasteiger partial charge in [-0.3, -0.25) is 0 Å². The van der Waals surface area contributed by atoms with Crippen molar-refractivity contribution in [3.8, 4) is 0 Å². The summed E-state index contributed by atoms with van der Waals surface area (Å²) in [4.78, 5) is 0. The van der Waals surface area contributed by atoms with Crippen molar-refractivity contribution in [3.05, 3.63) is 0 Å². The highest BCUT2D eigenvalue weighted by Gasteiger charge is 2.22. The molecule has 0 saturated heterocycles. The van der Waals surface area contributed by atoms with Crippen molar-refractivity contribution in [1.82, 2.24) is 0 Å². The lowest BCUT2D eigenvalue weighted by atomic mass is 10.5. The summed E-state index contributed by atoms with van der Waals surface area (Å²) >= 11 is 7.66. The topological polar surface area (TPSA) is 0 Å². The molecular weight excluding hydrogens is 224 g/mol. The van der Waals surface area contributed by atoms with Crippen LogP contribution in [0.5, 0.6) is 0 Å². The maximum absolute atomic E-state index is 3.83. The van der Waals surface area contributed by atoms with Gasteiger partial charge in [0, 0.05) is 13.4 Å². The van der Waals surface area contributed by atoms with E-state index in [1.165, 1.54) is 0 Å². The molecule has 0 rings (SSSR count). The van der Waals surface area contributed by atoms with E-state index in [0.29, 0.717) is 0 Å². The van der Waals surface area contributed by atoms with Gasteiger partial charge in [-0.2, -0.15) is 25.3 Å². The monoisotopic (exact) mass is 252 g/mol. The summed E-state index contributed by atoms with van der Waals surface area (Å²) in [5, 5.41) is 0. The van der Waals surface area contributed by atoms with Gasteiger partial charge in [0.25, 0.3) is 0 Å². The highest BCUT2D eigenvalue weighted by Crippen LogP contribution is 2.28. The molecule has 0 bridgehead atoms. The van der Waals surface area contributed by atoms with Gasteiger partial charge in [-0.1, -0.05) is 58.2 Å². The summed E-state index contributed by atoms with van der Waals surface area (Å²) in [6, 6.07) is 0. The molecule has 0 aromatic carbocycles. The molecule has 0 saturated carbocycles. The molecule has 0 aliphatic heterocycles. The van der Waals surface area contributed by atoms with Gasteiger partial charge < -0.3 is 0 Å². The first-order valence-corrected chi connectivity index (χ1v) is 8.59. The number of rotatable bonds is 3. The van der Waals surface area contributed by atoms with Gasteiger partial charge in [-0.05, 0) is 6.92 Å². The molecule has 3 heteroatoms. The Kier molecular flexibility index (Phi) is 11.3. The lowest BCUT2D eigenvalue weighted by Crippen LogP contribution is -2.24. The first-order valence-electron chi connectivity index (χ1n) is 5.56. The van der Waals surface area contributed by atoms with E-state index in [-0.39, 0.29) is 4.58 Å². The molecule has 0 spiro atoms. The highest BCUT2D eigenvalue weighted by atomic mass is 32.2. The van der Waals surface area contributed by atoms with Crippen LogP contribution in [0.15, 0.2) is 0 Å². The minimum Gasteiger partial charge on any atom is -0.166 e. The lowest BCUT2D eigenvalue weighted by molar-refractivity contribution is 0.863. The third-order valence-electron chi connectivity index (χ3n) is 2.31. The first-order chi connectivity index (χ1) is 6.20. The third-order valence-corrected chi connectivity index (χ3v) is 6.93. The zero-order chi connectivity index (χ0) is 11.9. The van der Waals surface area contributed by atoms with Crippen molar-refractivity contribution in [2.75, 3.05) is 0 Å². The van der Waals surface area contributed by atoms with Crippen molar-refractivity contribution >= 4 is 34.1 Å². The van der Waals surface area contributed by atoms with Crippen LogP contribution in [0, 0.1) is 0 Å². The van der Waals surface area contributed by atoms with E-state index in [1.807, 2.05) is 6.92 Å². The Morgan fingerprint density at radius 3 is 0.786 bits per heavy atom. The molecule has 14 heavy (non-hydrogen) atoms. The maximum Gasteiger partial charge on any atom is 0.0445 e. The number of thiol groups is 2. The van der Waals surface area contributed by atoms with Crippen LogP contribution in [0.3, 0.4) is 0 Å². The Morgan fingerprint density at radius 2 is 0.786 bits per heavy atom. The van der Waals surface area contributed by atoms with E-state index in [1.54, 1.807) is 0 Å². The lowest BCUT2D eigenvalue weighted by Gasteiger charge is -2.26. The fourth-order valence-electron chi connectivity index (χ4n) is 2.31. The van der Waals surface area contributed by atoms with E-state index in [9.17, 15) is 0 Å². The van der Waals surface area contributed by atoms with E-state index in [4.69, 9.17) is 0 Å². The van der Waals surface area contributed by atoms with Gasteiger partial charge >= 0.3 is 0 Å². The van der Waals surface area contributed by atoms with E-state index < -0.39 is 8.80 Å². The van der Waals surface area contributed by atoms with Crippen LogP contribution in [0.1, 0.15) is 48.5 Å². The Morgan fingerprint density at radius 1 is 0.643 bits per heavy atom. The van der Waals surface area contributed by atoms with E-state index in [0.717, 1.165) is 16.6 Å².